The highest BCUT2D eigenvalue weighted by molar-refractivity contribution is 6.30. The van der Waals surface area contributed by atoms with E-state index in [9.17, 15) is 0 Å². The Morgan fingerprint density at radius 1 is 0.923 bits per heavy atom. The van der Waals surface area contributed by atoms with Crippen LogP contribution in [0.4, 0.5) is 5.69 Å². The Labute approximate surface area is 157 Å². The van der Waals surface area contributed by atoms with Gasteiger partial charge in [0.05, 0.1) is 0 Å². The van der Waals surface area contributed by atoms with Crippen LogP contribution in [-0.4, -0.2) is 6.79 Å². The van der Waals surface area contributed by atoms with Gasteiger partial charge in [-0.1, -0.05) is 41.9 Å². The first-order chi connectivity index (χ1) is 12.8. The molecule has 3 aromatic carbocycles. The van der Waals surface area contributed by atoms with Gasteiger partial charge in [-0.2, -0.15) is 0 Å². The molecule has 0 fully saturated rings. The molecule has 4 nitrogen and oxygen atoms in total. The third-order valence-corrected chi connectivity index (χ3v) is 4.39. The van der Waals surface area contributed by atoms with Crippen LogP contribution in [0.5, 0.6) is 17.2 Å². The molecule has 0 radical (unpaired) electrons. The number of hydrogen-bond acceptors (Lipinski definition) is 4. The van der Waals surface area contributed by atoms with Crippen molar-refractivity contribution in [1.29, 1.82) is 0 Å². The molecule has 0 atom stereocenters. The van der Waals surface area contributed by atoms with Crippen LogP contribution in [0.15, 0.2) is 66.7 Å². The van der Waals surface area contributed by atoms with E-state index in [-0.39, 0.29) is 6.79 Å². The minimum atomic E-state index is 0.278. The Morgan fingerprint density at radius 2 is 1.73 bits per heavy atom. The maximum atomic E-state index is 6.00. The fourth-order valence-corrected chi connectivity index (χ4v) is 2.86. The highest BCUT2D eigenvalue weighted by atomic mass is 35.5. The Balaban J connectivity index is 1.41. The lowest BCUT2D eigenvalue weighted by molar-refractivity contribution is 0.174. The molecule has 1 N–H and O–H groups in total. The number of nitrogens with one attached hydrogen (secondary N) is 1. The van der Waals surface area contributed by atoms with E-state index in [1.54, 1.807) is 0 Å². The minimum absolute atomic E-state index is 0.278. The van der Waals surface area contributed by atoms with Crippen molar-refractivity contribution < 1.29 is 14.2 Å². The van der Waals surface area contributed by atoms with Crippen molar-refractivity contribution in [3.63, 3.8) is 0 Å². The van der Waals surface area contributed by atoms with Crippen LogP contribution in [0.3, 0.4) is 0 Å². The first kappa shape index (κ1) is 16.6. The average Bonchev–Trinajstić information content (AvgIpc) is 3.14. The zero-order chi connectivity index (χ0) is 17.8. The van der Waals surface area contributed by atoms with Crippen molar-refractivity contribution in [2.45, 2.75) is 13.2 Å². The second-order valence-electron chi connectivity index (χ2n) is 5.94. The van der Waals surface area contributed by atoms with Gasteiger partial charge in [0.25, 0.3) is 0 Å². The highest BCUT2D eigenvalue weighted by Gasteiger charge is 2.13. The molecule has 132 valence electrons. The predicted molar refractivity (Wildman–Crippen MR) is 102 cm³/mol. The summed E-state index contributed by atoms with van der Waals surface area (Å²) in [7, 11) is 0. The Kier molecular flexibility index (Phi) is 4.84. The van der Waals surface area contributed by atoms with E-state index >= 15 is 0 Å². The van der Waals surface area contributed by atoms with Crippen LogP contribution < -0.4 is 19.5 Å². The lowest BCUT2D eigenvalue weighted by Gasteiger charge is -2.13. The minimum Gasteiger partial charge on any atom is -0.489 e. The molecule has 0 saturated carbocycles. The van der Waals surface area contributed by atoms with Gasteiger partial charge in [0.1, 0.15) is 12.4 Å². The first-order valence-corrected chi connectivity index (χ1v) is 8.74. The summed E-state index contributed by atoms with van der Waals surface area (Å²) in [6.07, 6.45) is 0. The molecule has 1 aliphatic rings. The lowest BCUT2D eigenvalue weighted by Crippen LogP contribution is -2.03. The molecule has 0 saturated heterocycles. The standard InChI is InChI=1S/C21H18ClNO3/c22-17-7-5-15(6-8-17)13-24-19-4-2-1-3-16(19)12-23-18-9-10-20-21(11-18)26-14-25-20/h1-11,23H,12-14H2. The van der Waals surface area contributed by atoms with Crippen LogP contribution in [0, 0.1) is 0 Å². The van der Waals surface area contributed by atoms with Crippen LogP contribution in [0.1, 0.15) is 11.1 Å². The normalized spacial score (nSPS) is 12.0. The summed E-state index contributed by atoms with van der Waals surface area (Å²) >= 11 is 5.92. The molecule has 0 amide bonds. The maximum absolute atomic E-state index is 6.00. The maximum Gasteiger partial charge on any atom is 0.231 e. The van der Waals surface area contributed by atoms with Crippen molar-refractivity contribution in [3.05, 3.63) is 82.9 Å². The number of fused-ring (bicyclic) bond motifs is 1. The predicted octanol–water partition coefficient (Wildman–Crippen LogP) is 5.26. The van der Waals surface area contributed by atoms with Gasteiger partial charge in [0, 0.05) is 28.9 Å². The van der Waals surface area contributed by atoms with E-state index in [4.69, 9.17) is 25.8 Å². The summed E-state index contributed by atoms with van der Waals surface area (Å²) in [4.78, 5) is 0. The van der Waals surface area contributed by atoms with Crippen LogP contribution in [0.2, 0.25) is 5.02 Å². The van der Waals surface area contributed by atoms with E-state index < -0.39 is 0 Å². The molecule has 3 aromatic rings. The number of halogens is 1. The Bertz CT molecular complexity index is 896. The van der Waals surface area contributed by atoms with Gasteiger partial charge < -0.3 is 19.5 Å². The molecule has 0 bridgehead atoms. The fraction of sp³-hybridized carbons (Fsp3) is 0.143. The van der Waals surface area contributed by atoms with Gasteiger partial charge >= 0.3 is 0 Å². The van der Waals surface area contributed by atoms with E-state index in [2.05, 4.69) is 11.4 Å². The van der Waals surface area contributed by atoms with E-state index in [0.29, 0.717) is 13.2 Å². The molecule has 0 unspecified atom stereocenters. The Morgan fingerprint density at radius 3 is 2.62 bits per heavy atom. The zero-order valence-electron chi connectivity index (χ0n) is 14.1. The lowest BCUT2D eigenvalue weighted by atomic mass is 10.2. The van der Waals surface area contributed by atoms with Crippen LogP contribution >= 0.6 is 11.6 Å². The molecule has 4 rings (SSSR count). The molecule has 5 heteroatoms. The molecular formula is C21H18ClNO3. The van der Waals surface area contributed by atoms with Crippen molar-refractivity contribution in [1.82, 2.24) is 0 Å². The number of benzene rings is 3. The van der Waals surface area contributed by atoms with Gasteiger partial charge in [-0.15, -0.1) is 0 Å². The molecule has 26 heavy (non-hydrogen) atoms. The van der Waals surface area contributed by atoms with Crippen molar-refractivity contribution in [2.75, 3.05) is 12.1 Å². The largest absolute Gasteiger partial charge is 0.489 e. The number of rotatable bonds is 6. The Hall–Kier alpha value is -2.85. The van der Waals surface area contributed by atoms with E-state index in [1.165, 1.54) is 0 Å². The van der Waals surface area contributed by atoms with Gasteiger partial charge in [-0.25, -0.2) is 0 Å². The third kappa shape index (κ3) is 3.86. The second kappa shape index (κ2) is 7.58. The number of para-hydroxylation sites is 1. The SMILES string of the molecule is Clc1ccc(COc2ccccc2CNc2ccc3c(c2)OCO3)cc1. The fourth-order valence-electron chi connectivity index (χ4n) is 2.74. The third-order valence-electron chi connectivity index (χ3n) is 4.14. The summed E-state index contributed by atoms with van der Waals surface area (Å²) in [6, 6.07) is 21.5. The van der Waals surface area contributed by atoms with Gasteiger partial charge in [-0.3, -0.25) is 0 Å². The topological polar surface area (TPSA) is 39.7 Å². The van der Waals surface area contributed by atoms with Gasteiger partial charge in [0.2, 0.25) is 6.79 Å². The molecule has 0 spiro atoms. The summed E-state index contributed by atoms with van der Waals surface area (Å²) in [5.74, 6) is 2.40. The smallest absolute Gasteiger partial charge is 0.231 e. The second-order valence-corrected chi connectivity index (χ2v) is 6.38. The van der Waals surface area contributed by atoms with Crippen LogP contribution in [-0.2, 0) is 13.2 Å². The summed E-state index contributed by atoms with van der Waals surface area (Å²) in [5.41, 5.74) is 3.13. The monoisotopic (exact) mass is 367 g/mol. The molecule has 0 aromatic heterocycles. The molecular weight excluding hydrogens is 350 g/mol. The summed E-state index contributed by atoms with van der Waals surface area (Å²) in [5, 5.41) is 4.13. The average molecular weight is 368 g/mol. The van der Waals surface area contributed by atoms with Crippen molar-refractivity contribution in [3.8, 4) is 17.2 Å². The van der Waals surface area contributed by atoms with E-state index in [0.717, 1.165) is 39.1 Å². The van der Waals surface area contributed by atoms with Gasteiger partial charge in [-0.05, 0) is 35.9 Å². The molecule has 1 aliphatic heterocycles. The number of anilines is 1. The summed E-state index contributed by atoms with van der Waals surface area (Å²) in [6.45, 7) is 1.43. The van der Waals surface area contributed by atoms with Crippen molar-refractivity contribution in [2.24, 2.45) is 0 Å². The van der Waals surface area contributed by atoms with Crippen molar-refractivity contribution >= 4 is 17.3 Å². The molecule has 1 heterocycles. The van der Waals surface area contributed by atoms with Gasteiger partial charge in [0.15, 0.2) is 11.5 Å². The summed E-state index contributed by atoms with van der Waals surface area (Å²) < 4.78 is 16.8. The zero-order valence-corrected chi connectivity index (χ0v) is 14.8. The number of ether oxygens (including phenoxy) is 3. The highest BCUT2D eigenvalue weighted by Crippen LogP contribution is 2.34. The first-order valence-electron chi connectivity index (χ1n) is 8.36. The molecule has 0 aliphatic carbocycles. The van der Waals surface area contributed by atoms with E-state index in [1.807, 2.05) is 60.7 Å². The van der Waals surface area contributed by atoms with Crippen LogP contribution in [0.25, 0.3) is 0 Å². The number of hydrogen-bond donors (Lipinski definition) is 1. The quantitative estimate of drug-likeness (QED) is 0.645.